The summed E-state index contributed by atoms with van der Waals surface area (Å²) in [5.74, 6) is -0.0778. The fourth-order valence-electron chi connectivity index (χ4n) is 3.13. The van der Waals surface area contributed by atoms with Crippen LogP contribution in [0.2, 0.25) is 0 Å². The highest BCUT2D eigenvalue weighted by molar-refractivity contribution is 6.23. The topological polar surface area (TPSA) is 59.0 Å². The normalized spacial score (nSPS) is 20.6. The van der Waals surface area contributed by atoms with Crippen molar-refractivity contribution in [3.05, 3.63) is 35.4 Å². The van der Waals surface area contributed by atoms with Gasteiger partial charge in [-0.25, -0.2) is 4.99 Å². The minimum Gasteiger partial charge on any atom is -0.477 e. The molecule has 0 saturated carbocycles. The van der Waals surface area contributed by atoms with Crippen LogP contribution in [0.3, 0.4) is 0 Å². The van der Waals surface area contributed by atoms with Crippen LogP contribution in [0.5, 0.6) is 0 Å². The van der Waals surface area contributed by atoms with Crippen LogP contribution in [0.4, 0.5) is 0 Å². The summed E-state index contributed by atoms with van der Waals surface area (Å²) in [5.41, 5.74) is 0.0205. The molecule has 5 nitrogen and oxygen atoms in total. The average Bonchev–Trinajstić information content (AvgIpc) is 3.11. The van der Waals surface area contributed by atoms with Gasteiger partial charge in [0.1, 0.15) is 12.1 Å². The number of rotatable bonds is 5. The molecule has 0 radical (unpaired) electrons. The second-order valence-corrected chi connectivity index (χ2v) is 6.59. The van der Waals surface area contributed by atoms with E-state index in [9.17, 15) is 9.59 Å². The van der Waals surface area contributed by atoms with Crippen molar-refractivity contribution in [2.24, 2.45) is 4.99 Å². The Morgan fingerprint density at radius 1 is 1.22 bits per heavy atom. The summed E-state index contributed by atoms with van der Waals surface area (Å²) in [4.78, 5) is 31.2. The van der Waals surface area contributed by atoms with Gasteiger partial charge in [0.2, 0.25) is 5.90 Å². The lowest BCUT2D eigenvalue weighted by molar-refractivity contribution is 0.0536. The van der Waals surface area contributed by atoms with Gasteiger partial charge in [0, 0.05) is 0 Å². The molecule has 2 aliphatic rings. The van der Waals surface area contributed by atoms with Gasteiger partial charge >= 0.3 is 0 Å². The zero-order chi connectivity index (χ0) is 16.6. The molecule has 0 spiro atoms. The van der Waals surface area contributed by atoms with Gasteiger partial charge in [0.05, 0.1) is 17.2 Å². The molecule has 0 aromatic heterocycles. The van der Waals surface area contributed by atoms with Crippen molar-refractivity contribution in [3.63, 3.8) is 0 Å². The minimum absolute atomic E-state index is 0.124. The second kappa shape index (κ2) is 5.80. The van der Waals surface area contributed by atoms with E-state index in [-0.39, 0.29) is 17.9 Å². The molecule has 122 valence electrons. The summed E-state index contributed by atoms with van der Waals surface area (Å²) in [6, 6.07) is 7.04. The number of hydrogen-bond donors (Lipinski definition) is 0. The third-order valence-corrected chi connectivity index (χ3v) is 4.48. The molecule has 2 amide bonds. The summed E-state index contributed by atoms with van der Waals surface area (Å²) in [5, 5.41) is 0. The standard InChI is InChI=1S/C18H22N2O3/c1-4-5-8-12-11-23-17(19-12)18(2,3)20-15(21)13-9-6-7-10-14(13)16(20)22/h6-7,9-10,12H,4-5,8,11H2,1-3H3/t12-/m0/s1. The SMILES string of the molecule is CCCC[C@H]1COC(C(C)(C)N2C(=O)c3ccccc3C2=O)=N1. The Balaban J connectivity index is 1.87. The Labute approximate surface area is 136 Å². The third kappa shape index (κ3) is 2.54. The largest absolute Gasteiger partial charge is 0.477 e. The monoisotopic (exact) mass is 314 g/mol. The van der Waals surface area contributed by atoms with Gasteiger partial charge < -0.3 is 4.74 Å². The molecule has 0 unspecified atom stereocenters. The molecule has 2 aliphatic heterocycles. The van der Waals surface area contributed by atoms with Gasteiger partial charge in [-0.2, -0.15) is 0 Å². The molecule has 3 rings (SSSR count). The van der Waals surface area contributed by atoms with Crippen molar-refractivity contribution in [2.45, 2.75) is 51.6 Å². The van der Waals surface area contributed by atoms with Crippen LogP contribution in [-0.2, 0) is 4.74 Å². The Kier molecular flexibility index (Phi) is 3.96. The van der Waals surface area contributed by atoms with Crippen molar-refractivity contribution in [3.8, 4) is 0 Å². The molecule has 0 bridgehead atoms. The number of nitrogens with zero attached hydrogens (tertiary/aromatic N) is 2. The number of fused-ring (bicyclic) bond motifs is 1. The van der Waals surface area contributed by atoms with Crippen molar-refractivity contribution in [1.82, 2.24) is 4.90 Å². The lowest BCUT2D eigenvalue weighted by Gasteiger charge is -2.32. The van der Waals surface area contributed by atoms with E-state index in [2.05, 4.69) is 11.9 Å². The number of hydrogen-bond acceptors (Lipinski definition) is 4. The van der Waals surface area contributed by atoms with Crippen molar-refractivity contribution in [1.29, 1.82) is 0 Å². The van der Waals surface area contributed by atoms with E-state index in [4.69, 9.17) is 4.74 Å². The maximum atomic E-state index is 12.7. The molecule has 0 fully saturated rings. The van der Waals surface area contributed by atoms with Gasteiger partial charge in [-0.1, -0.05) is 31.9 Å². The highest BCUT2D eigenvalue weighted by atomic mass is 16.5. The van der Waals surface area contributed by atoms with Crippen molar-refractivity contribution < 1.29 is 14.3 Å². The molecule has 2 heterocycles. The molecule has 5 heteroatoms. The highest BCUT2D eigenvalue weighted by Crippen LogP contribution is 2.32. The van der Waals surface area contributed by atoms with Gasteiger partial charge in [0.15, 0.2) is 0 Å². The zero-order valence-electron chi connectivity index (χ0n) is 13.8. The fraction of sp³-hybridized carbons (Fsp3) is 0.500. The van der Waals surface area contributed by atoms with E-state index in [1.165, 1.54) is 4.90 Å². The van der Waals surface area contributed by atoms with E-state index >= 15 is 0 Å². The Hall–Kier alpha value is -2.17. The number of carbonyl (C=O) groups is 2. The maximum absolute atomic E-state index is 12.7. The average molecular weight is 314 g/mol. The molecule has 0 saturated heterocycles. The summed E-state index contributed by atoms with van der Waals surface area (Å²) >= 11 is 0. The van der Waals surface area contributed by atoms with Gasteiger partial charge in [-0.15, -0.1) is 0 Å². The second-order valence-electron chi connectivity index (χ2n) is 6.59. The van der Waals surface area contributed by atoms with Crippen molar-refractivity contribution >= 4 is 17.7 Å². The highest BCUT2D eigenvalue weighted by Gasteiger charge is 2.48. The van der Waals surface area contributed by atoms with Crippen LogP contribution < -0.4 is 0 Å². The first-order chi connectivity index (χ1) is 11.0. The van der Waals surface area contributed by atoms with Crippen LogP contribution in [0.15, 0.2) is 29.3 Å². The van der Waals surface area contributed by atoms with Gasteiger partial charge in [0.25, 0.3) is 11.8 Å². The van der Waals surface area contributed by atoms with Crippen LogP contribution in [-0.4, -0.2) is 40.8 Å². The van der Waals surface area contributed by atoms with E-state index in [0.29, 0.717) is 23.6 Å². The summed E-state index contributed by atoms with van der Waals surface area (Å²) in [7, 11) is 0. The predicted molar refractivity (Wildman–Crippen MR) is 87.7 cm³/mol. The number of unbranched alkanes of at least 4 members (excludes halogenated alkanes) is 1. The zero-order valence-corrected chi connectivity index (χ0v) is 13.8. The lowest BCUT2D eigenvalue weighted by Crippen LogP contribution is -2.53. The van der Waals surface area contributed by atoms with E-state index in [1.807, 2.05) is 13.8 Å². The minimum atomic E-state index is -0.881. The maximum Gasteiger partial charge on any atom is 0.262 e. The number of amides is 2. The summed E-state index contributed by atoms with van der Waals surface area (Å²) < 4.78 is 5.74. The molecule has 23 heavy (non-hydrogen) atoms. The molecule has 1 aromatic carbocycles. The van der Waals surface area contributed by atoms with Gasteiger partial charge in [-0.3, -0.25) is 14.5 Å². The first-order valence-electron chi connectivity index (χ1n) is 8.15. The smallest absolute Gasteiger partial charge is 0.262 e. The summed E-state index contributed by atoms with van der Waals surface area (Å²) in [6.07, 6.45) is 3.18. The number of carbonyl (C=O) groups excluding carboxylic acids is 2. The molecular weight excluding hydrogens is 292 g/mol. The van der Waals surface area contributed by atoms with E-state index < -0.39 is 5.54 Å². The predicted octanol–water partition coefficient (Wildman–Crippen LogP) is 3.05. The first kappa shape index (κ1) is 15.7. The third-order valence-electron chi connectivity index (χ3n) is 4.48. The quantitative estimate of drug-likeness (QED) is 0.785. The van der Waals surface area contributed by atoms with Gasteiger partial charge in [-0.05, 0) is 32.4 Å². The first-order valence-corrected chi connectivity index (χ1v) is 8.15. The molecule has 0 aliphatic carbocycles. The van der Waals surface area contributed by atoms with Crippen LogP contribution in [0, 0.1) is 0 Å². The molecule has 1 aromatic rings. The molecule has 0 N–H and O–H groups in total. The van der Waals surface area contributed by atoms with Crippen LogP contribution >= 0.6 is 0 Å². The summed E-state index contributed by atoms with van der Waals surface area (Å²) in [6.45, 7) is 6.30. The Morgan fingerprint density at radius 3 is 2.39 bits per heavy atom. The van der Waals surface area contributed by atoms with Crippen molar-refractivity contribution in [2.75, 3.05) is 6.61 Å². The number of benzene rings is 1. The number of aliphatic imine (C=N–C) groups is 1. The molecule has 1 atom stereocenters. The lowest BCUT2D eigenvalue weighted by atomic mass is 10.0. The van der Waals surface area contributed by atoms with E-state index in [0.717, 1.165) is 19.3 Å². The number of imide groups is 1. The van der Waals surface area contributed by atoms with Crippen LogP contribution in [0.1, 0.15) is 60.7 Å². The van der Waals surface area contributed by atoms with Crippen LogP contribution in [0.25, 0.3) is 0 Å². The van der Waals surface area contributed by atoms with E-state index in [1.54, 1.807) is 24.3 Å². The number of ether oxygens (including phenoxy) is 1. The Bertz CT molecular complexity index is 644. The Morgan fingerprint density at radius 2 is 1.83 bits per heavy atom. The fourth-order valence-corrected chi connectivity index (χ4v) is 3.13. The molecular formula is C18H22N2O3.